The summed E-state index contributed by atoms with van der Waals surface area (Å²) in [5.74, 6) is 0.356. The van der Waals surface area contributed by atoms with Gasteiger partial charge in [0.25, 0.3) is 0 Å². The monoisotopic (exact) mass is 425 g/mol. The number of nitrogens with one attached hydrogen (secondary N) is 2. The second kappa shape index (κ2) is 8.21. The normalized spacial score (nSPS) is 15.0. The summed E-state index contributed by atoms with van der Waals surface area (Å²) < 4.78 is 59.7. The van der Waals surface area contributed by atoms with E-state index in [9.17, 15) is 22.4 Å². The van der Waals surface area contributed by atoms with Crippen LogP contribution in [0.3, 0.4) is 0 Å². The standard InChI is InChI=1S/C20H19F4N3O3/c1-19(2)10-13-9-14(5-8-16(13)30-19)26-18(28)27-25-11-12-3-6-15(7-4-12)29-20(23,24)17(21)22/h3-9,11,17H,10H2,1-2H3,(H2,26,27,28)/b25-11+. The molecule has 0 aromatic heterocycles. The highest BCUT2D eigenvalue weighted by Crippen LogP contribution is 2.36. The van der Waals surface area contributed by atoms with Crippen LogP contribution in [0.4, 0.5) is 28.0 Å². The number of hydrazone groups is 1. The maximum absolute atomic E-state index is 12.9. The first-order valence-corrected chi connectivity index (χ1v) is 8.91. The Morgan fingerprint density at radius 1 is 1.23 bits per heavy atom. The molecule has 0 saturated carbocycles. The van der Waals surface area contributed by atoms with Crippen LogP contribution in [0, 0.1) is 0 Å². The quantitative estimate of drug-likeness (QED) is 0.397. The van der Waals surface area contributed by atoms with Gasteiger partial charge in [0.1, 0.15) is 17.1 Å². The molecule has 1 aliphatic heterocycles. The maximum Gasteiger partial charge on any atom is 0.461 e. The van der Waals surface area contributed by atoms with Crippen molar-refractivity contribution in [3.05, 3.63) is 53.6 Å². The number of carbonyl (C=O) groups is 1. The van der Waals surface area contributed by atoms with Crippen LogP contribution in [0.1, 0.15) is 25.0 Å². The van der Waals surface area contributed by atoms with Crippen molar-refractivity contribution < 1.29 is 31.8 Å². The number of hydrogen-bond acceptors (Lipinski definition) is 4. The Kier molecular flexibility index (Phi) is 5.86. The van der Waals surface area contributed by atoms with Gasteiger partial charge in [-0.05, 0) is 61.9 Å². The van der Waals surface area contributed by atoms with Gasteiger partial charge in [-0.3, -0.25) is 0 Å². The van der Waals surface area contributed by atoms with E-state index in [0.29, 0.717) is 11.3 Å². The number of halogens is 4. The molecule has 0 spiro atoms. The van der Waals surface area contributed by atoms with Crippen LogP contribution in [0.25, 0.3) is 0 Å². The van der Waals surface area contributed by atoms with E-state index in [-0.39, 0.29) is 5.60 Å². The number of urea groups is 1. The lowest BCUT2D eigenvalue weighted by molar-refractivity contribution is -0.253. The van der Waals surface area contributed by atoms with Crippen molar-refractivity contribution in [3.63, 3.8) is 0 Å². The van der Waals surface area contributed by atoms with E-state index in [1.807, 2.05) is 19.9 Å². The first-order valence-electron chi connectivity index (χ1n) is 8.91. The summed E-state index contributed by atoms with van der Waals surface area (Å²) in [6, 6.07) is 9.55. The average Bonchev–Trinajstić information content (AvgIpc) is 2.96. The summed E-state index contributed by atoms with van der Waals surface area (Å²) >= 11 is 0. The Bertz CT molecular complexity index is 947. The van der Waals surface area contributed by atoms with Gasteiger partial charge in [0.15, 0.2) is 0 Å². The van der Waals surface area contributed by atoms with Gasteiger partial charge >= 0.3 is 18.6 Å². The molecule has 1 aliphatic rings. The topological polar surface area (TPSA) is 72.0 Å². The third kappa shape index (κ3) is 5.40. The lowest BCUT2D eigenvalue weighted by Crippen LogP contribution is -2.33. The van der Waals surface area contributed by atoms with Crippen molar-refractivity contribution in [3.8, 4) is 11.5 Å². The molecule has 0 atom stereocenters. The van der Waals surface area contributed by atoms with E-state index in [0.717, 1.165) is 29.9 Å². The fourth-order valence-corrected chi connectivity index (χ4v) is 2.84. The lowest BCUT2D eigenvalue weighted by atomic mass is 10.0. The Labute approximate surface area is 169 Å². The van der Waals surface area contributed by atoms with Gasteiger partial charge in [-0.25, -0.2) is 10.2 Å². The van der Waals surface area contributed by atoms with Crippen molar-refractivity contribution in [1.82, 2.24) is 5.43 Å². The van der Waals surface area contributed by atoms with Crippen LogP contribution in [0.5, 0.6) is 11.5 Å². The van der Waals surface area contributed by atoms with E-state index < -0.39 is 24.3 Å². The number of rotatable bonds is 6. The average molecular weight is 425 g/mol. The number of amides is 2. The van der Waals surface area contributed by atoms with Crippen LogP contribution in [0.2, 0.25) is 0 Å². The second-order valence-electron chi connectivity index (χ2n) is 7.22. The molecule has 0 fully saturated rings. The van der Waals surface area contributed by atoms with Gasteiger partial charge in [-0.2, -0.15) is 22.7 Å². The van der Waals surface area contributed by atoms with Gasteiger partial charge in [-0.15, -0.1) is 0 Å². The lowest BCUT2D eigenvalue weighted by Gasteiger charge is -2.16. The predicted molar refractivity (Wildman–Crippen MR) is 103 cm³/mol. The fraction of sp³-hybridized carbons (Fsp3) is 0.300. The Hall–Kier alpha value is -3.30. The molecule has 2 amide bonds. The molecule has 0 aliphatic carbocycles. The smallest absolute Gasteiger partial charge is 0.461 e. The molecule has 0 saturated heterocycles. The van der Waals surface area contributed by atoms with Crippen LogP contribution < -0.4 is 20.2 Å². The van der Waals surface area contributed by atoms with Gasteiger partial charge in [-0.1, -0.05) is 0 Å². The molecule has 2 N–H and O–H groups in total. The van der Waals surface area contributed by atoms with Crippen molar-refractivity contribution in [2.75, 3.05) is 5.32 Å². The first kappa shape index (κ1) is 21.4. The molecular formula is C20H19F4N3O3. The predicted octanol–water partition coefficient (Wildman–Crippen LogP) is 4.79. The van der Waals surface area contributed by atoms with Crippen molar-refractivity contribution in [2.24, 2.45) is 5.10 Å². The minimum absolute atomic E-state index is 0.288. The van der Waals surface area contributed by atoms with Crippen LogP contribution >= 0.6 is 0 Å². The molecule has 2 aromatic carbocycles. The number of benzene rings is 2. The Morgan fingerprint density at radius 2 is 1.93 bits per heavy atom. The Balaban J connectivity index is 1.52. The zero-order valence-corrected chi connectivity index (χ0v) is 16.1. The SMILES string of the molecule is CC1(C)Cc2cc(NC(=O)N/N=C/c3ccc(OC(F)(F)C(F)F)cc3)ccc2O1. The molecule has 3 rings (SSSR count). The molecule has 1 heterocycles. The minimum Gasteiger partial charge on any atom is -0.487 e. The largest absolute Gasteiger partial charge is 0.487 e. The van der Waals surface area contributed by atoms with E-state index in [1.54, 1.807) is 12.1 Å². The molecule has 0 unspecified atom stereocenters. The van der Waals surface area contributed by atoms with Crippen LogP contribution in [0.15, 0.2) is 47.6 Å². The van der Waals surface area contributed by atoms with Crippen LogP contribution in [-0.4, -0.2) is 30.4 Å². The maximum atomic E-state index is 12.9. The fourth-order valence-electron chi connectivity index (χ4n) is 2.84. The van der Waals surface area contributed by atoms with E-state index in [2.05, 4.69) is 20.6 Å². The molecule has 10 heteroatoms. The van der Waals surface area contributed by atoms with E-state index >= 15 is 0 Å². The molecule has 0 radical (unpaired) electrons. The third-order valence-corrected chi connectivity index (χ3v) is 4.09. The van der Waals surface area contributed by atoms with Gasteiger partial charge < -0.3 is 14.8 Å². The number of alkyl halides is 4. The minimum atomic E-state index is -4.57. The van der Waals surface area contributed by atoms with Crippen molar-refractivity contribution in [2.45, 2.75) is 38.4 Å². The summed E-state index contributed by atoms with van der Waals surface area (Å²) in [6.07, 6.45) is -6.53. The molecule has 160 valence electrons. The number of nitrogens with zero attached hydrogens (tertiary/aromatic N) is 1. The highest BCUT2D eigenvalue weighted by molar-refractivity contribution is 5.90. The second-order valence-corrected chi connectivity index (χ2v) is 7.22. The molecule has 2 aromatic rings. The summed E-state index contributed by atoms with van der Waals surface area (Å²) in [4.78, 5) is 12.0. The first-order chi connectivity index (χ1) is 14.0. The number of hydrogen-bond donors (Lipinski definition) is 2. The van der Waals surface area contributed by atoms with Gasteiger partial charge in [0.2, 0.25) is 0 Å². The molecular weight excluding hydrogens is 406 g/mol. The van der Waals surface area contributed by atoms with Gasteiger partial charge in [0, 0.05) is 17.7 Å². The van der Waals surface area contributed by atoms with Crippen molar-refractivity contribution >= 4 is 17.9 Å². The highest BCUT2D eigenvalue weighted by atomic mass is 19.3. The molecule has 30 heavy (non-hydrogen) atoms. The third-order valence-electron chi connectivity index (χ3n) is 4.09. The number of ether oxygens (including phenoxy) is 2. The zero-order chi connectivity index (χ0) is 21.9. The summed E-state index contributed by atoms with van der Waals surface area (Å²) in [5, 5.41) is 6.38. The zero-order valence-electron chi connectivity index (χ0n) is 16.1. The van der Waals surface area contributed by atoms with E-state index in [4.69, 9.17) is 4.74 Å². The van der Waals surface area contributed by atoms with Crippen molar-refractivity contribution in [1.29, 1.82) is 0 Å². The van der Waals surface area contributed by atoms with E-state index in [1.165, 1.54) is 18.3 Å². The summed E-state index contributed by atoms with van der Waals surface area (Å²) in [6.45, 7) is 3.95. The number of fused-ring (bicyclic) bond motifs is 1. The van der Waals surface area contributed by atoms with Gasteiger partial charge in [0.05, 0.1) is 6.21 Å². The summed E-state index contributed by atoms with van der Waals surface area (Å²) in [5.41, 5.74) is 3.97. The number of anilines is 1. The summed E-state index contributed by atoms with van der Waals surface area (Å²) in [7, 11) is 0. The highest BCUT2D eigenvalue weighted by Gasteiger charge is 2.43. The molecule has 6 nitrogen and oxygen atoms in total. The molecule has 0 bridgehead atoms. The van der Waals surface area contributed by atoms with Crippen LogP contribution in [-0.2, 0) is 6.42 Å². The Morgan fingerprint density at radius 3 is 2.60 bits per heavy atom. The number of carbonyl (C=O) groups excluding carboxylic acids is 1.